The Bertz CT molecular complexity index is 953. The quantitative estimate of drug-likeness (QED) is 0.580. The summed E-state index contributed by atoms with van der Waals surface area (Å²) in [5.74, 6) is -0.0940. The molecular weight excluding hydrogens is 394 g/mol. The number of nitriles is 2. The number of nitrogens with zero attached hydrogens (tertiary/aromatic N) is 2. The molecule has 0 unspecified atom stereocenters. The van der Waals surface area contributed by atoms with Gasteiger partial charge in [0.25, 0.3) is 5.91 Å². The molecule has 0 aliphatic carbocycles. The zero-order chi connectivity index (χ0) is 19.1. The minimum atomic E-state index is -0.512. The summed E-state index contributed by atoms with van der Waals surface area (Å²) in [6, 6.07) is 14.5. The smallest absolute Gasteiger partial charge is 0.266 e. The average molecular weight is 410 g/mol. The Kier molecular flexibility index (Phi) is 6.54. The number of carbonyl (C=O) groups is 1. The second-order valence-electron chi connectivity index (χ2n) is 5.55. The van der Waals surface area contributed by atoms with E-state index in [0.29, 0.717) is 17.0 Å². The lowest BCUT2D eigenvalue weighted by molar-refractivity contribution is -0.112. The topological polar surface area (TPSA) is 85.9 Å². The van der Waals surface area contributed by atoms with Crippen molar-refractivity contribution in [2.24, 2.45) is 0 Å². The van der Waals surface area contributed by atoms with Crippen molar-refractivity contribution in [1.82, 2.24) is 0 Å². The number of carbonyl (C=O) groups excluding carboxylic acids is 1. The van der Waals surface area contributed by atoms with Gasteiger partial charge in [0.15, 0.2) is 6.61 Å². The summed E-state index contributed by atoms with van der Waals surface area (Å²) in [5, 5.41) is 20.8. The molecule has 0 bridgehead atoms. The van der Waals surface area contributed by atoms with Crippen LogP contribution in [0.5, 0.6) is 5.75 Å². The first-order valence-corrected chi connectivity index (χ1v) is 8.53. The van der Waals surface area contributed by atoms with Crippen LogP contribution >= 0.6 is 15.9 Å². The van der Waals surface area contributed by atoms with E-state index in [9.17, 15) is 10.1 Å². The molecule has 0 saturated heterocycles. The Morgan fingerprint density at radius 1 is 1.19 bits per heavy atom. The number of amides is 1. The molecule has 0 radical (unpaired) electrons. The van der Waals surface area contributed by atoms with Crippen LogP contribution in [-0.2, 0) is 4.79 Å². The number of aryl methyl sites for hydroxylation is 2. The first kappa shape index (κ1) is 19.2. The lowest BCUT2D eigenvalue weighted by atomic mass is 10.1. The molecule has 130 valence electrons. The lowest BCUT2D eigenvalue weighted by Gasteiger charge is -2.09. The molecule has 0 fully saturated rings. The predicted octanol–water partition coefficient (Wildman–Crippen LogP) is 4.51. The fourth-order valence-electron chi connectivity index (χ4n) is 2.20. The summed E-state index contributed by atoms with van der Waals surface area (Å²) in [6.45, 7) is 3.81. The van der Waals surface area contributed by atoms with E-state index >= 15 is 0 Å². The van der Waals surface area contributed by atoms with Gasteiger partial charge >= 0.3 is 0 Å². The fourth-order valence-corrected chi connectivity index (χ4v) is 2.57. The van der Waals surface area contributed by atoms with E-state index in [4.69, 9.17) is 10.00 Å². The van der Waals surface area contributed by atoms with Gasteiger partial charge < -0.3 is 10.1 Å². The molecule has 0 aliphatic rings. The van der Waals surface area contributed by atoms with Crippen molar-refractivity contribution in [2.75, 3.05) is 11.9 Å². The second kappa shape index (κ2) is 8.84. The van der Waals surface area contributed by atoms with E-state index in [1.807, 2.05) is 38.1 Å². The van der Waals surface area contributed by atoms with Gasteiger partial charge in [-0.15, -0.1) is 0 Å². The summed E-state index contributed by atoms with van der Waals surface area (Å²) in [6.07, 6.45) is 1.44. The highest BCUT2D eigenvalue weighted by Gasteiger charge is 2.12. The predicted molar refractivity (Wildman–Crippen MR) is 103 cm³/mol. The monoisotopic (exact) mass is 409 g/mol. The number of ether oxygens (including phenoxy) is 1. The molecule has 0 aromatic heterocycles. The molecule has 0 heterocycles. The van der Waals surface area contributed by atoms with Gasteiger partial charge in [-0.05, 0) is 61.4 Å². The molecule has 2 rings (SSSR count). The molecule has 2 aromatic carbocycles. The summed E-state index contributed by atoms with van der Waals surface area (Å²) in [4.78, 5) is 12.4. The summed E-state index contributed by atoms with van der Waals surface area (Å²) < 4.78 is 6.11. The highest BCUT2D eigenvalue weighted by Crippen LogP contribution is 2.26. The number of rotatable bonds is 5. The van der Waals surface area contributed by atoms with E-state index in [0.717, 1.165) is 15.6 Å². The van der Waals surface area contributed by atoms with Crippen molar-refractivity contribution in [1.29, 1.82) is 10.5 Å². The fraction of sp³-hybridized carbons (Fsp3) is 0.150. The van der Waals surface area contributed by atoms with Crippen LogP contribution in [0.3, 0.4) is 0 Å². The number of halogens is 1. The molecule has 1 N–H and O–H groups in total. The Labute approximate surface area is 160 Å². The maximum absolute atomic E-state index is 12.4. The lowest BCUT2D eigenvalue weighted by Crippen LogP contribution is -2.13. The molecule has 6 heteroatoms. The Hall–Kier alpha value is -3.09. The third-order valence-electron chi connectivity index (χ3n) is 3.69. The average Bonchev–Trinajstić information content (AvgIpc) is 2.62. The van der Waals surface area contributed by atoms with Crippen LogP contribution in [-0.4, -0.2) is 12.5 Å². The summed E-state index contributed by atoms with van der Waals surface area (Å²) in [7, 11) is 0. The Balaban J connectivity index is 2.31. The molecule has 0 saturated carbocycles. The largest absolute Gasteiger partial charge is 0.478 e. The number of nitrogens with one attached hydrogen (secondary N) is 1. The minimum absolute atomic E-state index is 0.0665. The van der Waals surface area contributed by atoms with E-state index < -0.39 is 5.91 Å². The summed E-state index contributed by atoms with van der Waals surface area (Å²) >= 11 is 3.35. The minimum Gasteiger partial charge on any atom is -0.478 e. The molecule has 2 aromatic rings. The van der Waals surface area contributed by atoms with Gasteiger partial charge in [-0.2, -0.15) is 10.5 Å². The van der Waals surface area contributed by atoms with Gasteiger partial charge in [-0.25, -0.2) is 0 Å². The third-order valence-corrected chi connectivity index (χ3v) is 4.19. The standard InChI is InChI=1S/C20H16BrN3O2/c1-13-3-5-18(9-14(13)2)24-20(25)16(12-23)10-15-11-17(21)4-6-19(15)26-8-7-22/h3-6,9-11H,8H2,1-2H3,(H,24,25)/b16-10+. The highest BCUT2D eigenvalue weighted by atomic mass is 79.9. The van der Waals surface area contributed by atoms with Gasteiger partial charge in [0.2, 0.25) is 0 Å². The molecule has 0 aliphatic heterocycles. The highest BCUT2D eigenvalue weighted by molar-refractivity contribution is 9.10. The number of anilines is 1. The molecule has 0 spiro atoms. The molecule has 26 heavy (non-hydrogen) atoms. The number of hydrogen-bond donors (Lipinski definition) is 1. The zero-order valence-corrected chi connectivity index (χ0v) is 15.9. The Morgan fingerprint density at radius 2 is 1.96 bits per heavy atom. The van der Waals surface area contributed by atoms with Crippen molar-refractivity contribution >= 4 is 33.6 Å². The van der Waals surface area contributed by atoms with Crippen LogP contribution in [0.15, 0.2) is 46.4 Å². The number of hydrogen-bond acceptors (Lipinski definition) is 4. The van der Waals surface area contributed by atoms with Crippen LogP contribution in [0, 0.1) is 36.5 Å². The van der Waals surface area contributed by atoms with Gasteiger partial charge in [0.05, 0.1) is 0 Å². The van der Waals surface area contributed by atoms with Crippen LogP contribution in [0.4, 0.5) is 5.69 Å². The van der Waals surface area contributed by atoms with Crippen molar-refractivity contribution in [3.05, 3.63) is 63.1 Å². The second-order valence-corrected chi connectivity index (χ2v) is 6.47. The van der Waals surface area contributed by atoms with Crippen LogP contribution in [0.1, 0.15) is 16.7 Å². The SMILES string of the molecule is Cc1ccc(NC(=O)/C(C#N)=C/c2cc(Br)ccc2OCC#N)cc1C. The van der Waals surface area contributed by atoms with Crippen LogP contribution in [0.2, 0.25) is 0 Å². The molecule has 0 atom stereocenters. The van der Waals surface area contributed by atoms with Gasteiger partial charge in [0, 0.05) is 15.7 Å². The third kappa shape index (κ3) is 4.95. The summed E-state index contributed by atoms with van der Waals surface area (Å²) in [5.41, 5.74) is 3.25. The van der Waals surface area contributed by atoms with Gasteiger partial charge in [-0.1, -0.05) is 22.0 Å². The van der Waals surface area contributed by atoms with Crippen molar-refractivity contribution < 1.29 is 9.53 Å². The van der Waals surface area contributed by atoms with E-state index in [2.05, 4.69) is 21.2 Å². The van der Waals surface area contributed by atoms with Crippen molar-refractivity contribution in [3.63, 3.8) is 0 Å². The molecule has 5 nitrogen and oxygen atoms in total. The maximum atomic E-state index is 12.4. The zero-order valence-electron chi connectivity index (χ0n) is 14.3. The first-order valence-electron chi connectivity index (χ1n) is 7.74. The first-order chi connectivity index (χ1) is 12.4. The van der Waals surface area contributed by atoms with Gasteiger partial charge in [-0.3, -0.25) is 4.79 Å². The number of benzene rings is 2. The van der Waals surface area contributed by atoms with E-state index in [1.165, 1.54) is 6.08 Å². The molecular formula is C20H16BrN3O2. The van der Waals surface area contributed by atoms with Crippen LogP contribution < -0.4 is 10.1 Å². The molecule has 1 amide bonds. The Morgan fingerprint density at radius 3 is 2.62 bits per heavy atom. The normalized spacial score (nSPS) is 10.6. The van der Waals surface area contributed by atoms with E-state index in [-0.39, 0.29) is 12.2 Å². The van der Waals surface area contributed by atoms with E-state index in [1.54, 1.807) is 24.3 Å². The van der Waals surface area contributed by atoms with Crippen molar-refractivity contribution in [2.45, 2.75) is 13.8 Å². The van der Waals surface area contributed by atoms with Crippen molar-refractivity contribution in [3.8, 4) is 17.9 Å². The van der Waals surface area contributed by atoms with Gasteiger partial charge in [0.1, 0.15) is 23.5 Å². The maximum Gasteiger partial charge on any atom is 0.266 e. The van der Waals surface area contributed by atoms with Crippen LogP contribution in [0.25, 0.3) is 6.08 Å².